The Balaban J connectivity index is 2.05. The van der Waals surface area contributed by atoms with Crippen LogP contribution in [0.1, 0.15) is 29.6 Å². The van der Waals surface area contributed by atoms with Gasteiger partial charge < -0.3 is 20.5 Å². The normalized spacial score (nSPS) is 16.5. The highest BCUT2D eigenvalue weighted by Crippen LogP contribution is 2.34. The van der Waals surface area contributed by atoms with Crippen molar-refractivity contribution in [2.75, 3.05) is 26.5 Å². The number of amides is 1. The van der Waals surface area contributed by atoms with E-state index in [1.165, 1.54) is 7.11 Å². The fourth-order valence-electron chi connectivity index (χ4n) is 2.26. The zero-order valence-corrected chi connectivity index (χ0v) is 11.4. The molecule has 0 aromatic heterocycles. The minimum absolute atomic E-state index is 0.188. The monoisotopic (exact) mass is 264 g/mol. The second-order valence-corrected chi connectivity index (χ2v) is 4.88. The Labute approximate surface area is 113 Å². The summed E-state index contributed by atoms with van der Waals surface area (Å²) >= 11 is 0. The molecule has 0 radical (unpaired) electrons. The molecular formula is C14H20N2O3. The van der Waals surface area contributed by atoms with Gasteiger partial charge in [-0.2, -0.15) is 0 Å². The van der Waals surface area contributed by atoms with E-state index in [0.29, 0.717) is 23.5 Å². The molecule has 5 nitrogen and oxygen atoms in total. The lowest BCUT2D eigenvalue weighted by Gasteiger charge is -2.40. The maximum Gasteiger partial charge on any atom is 0.255 e. The number of nitrogens with two attached hydrogens (primary N) is 1. The summed E-state index contributed by atoms with van der Waals surface area (Å²) in [4.78, 5) is 12.2. The summed E-state index contributed by atoms with van der Waals surface area (Å²) < 4.78 is 10.6. The van der Waals surface area contributed by atoms with Gasteiger partial charge in [-0.15, -0.1) is 0 Å². The van der Waals surface area contributed by atoms with Gasteiger partial charge in [0.1, 0.15) is 5.75 Å². The van der Waals surface area contributed by atoms with E-state index in [1.807, 2.05) is 0 Å². The quantitative estimate of drug-likeness (QED) is 0.792. The molecule has 1 aromatic rings. The molecule has 0 aliphatic heterocycles. The van der Waals surface area contributed by atoms with Crippen molar-refractivity contribution in [3.8, 4) is 5.75 Å². The third kappa shape index (κ3) is 2.81. The van der Waals surface area contributed by atoms with Crippen LogP contribution in [-0.4, -0.2) is 32.3 Å². The van der Waals surface area contributed by atoms with Gasteiger partial charge in [0, 0.05) is 19.3 Å². The molecule has 0 spiro atoms. The summed E-state index contributed by atoms with van der Waals surface area (Å²) in [6.45, 7) is 0.514. The Bertz CT molecular complexity index is 464. The molecule has 0 heterocycles. The molecule has 0 unspecified atom stereocenters. The smallest absolute Gasteiger partial charge is 0.255 e. The van der Waals surface area contributed by atoms with Crippen LogP contribution in [0.2, 0.25) is 0 Å². The fourth-order valence-corrected chi connectivity index (χ4v) is 2.26. The topological polar surface area (TPSA) is 73.6 Å². The van der Waals surface area contributed by atoms with Crippen LogP contribution in [0.25, 0.3) is 0 Å². The van der Waals surface area contributed by atoms with Crippen LogP contribution < -0.4 is 15.8 Å². The third-order valence-electron chi connectivity index (χ3n) is 3.74. The number of benzene rings is 1. The van der Waals surface area contributed by atoms with Crippen molar-refractivity contribution >= 4 is 11.6 Å². The van der Waals surface area contributed by atoms with Crippen LogP contribution >= 0.6 is 0 Å². The van der Waals surface area contributed by atoms with Gasteiger partial charge >= 0.3 is 0 Å². The fraction of sp³-hybridized carbons (Fsp3) is 0.500. The number of ether oxygens (including phenoxy) is 2. The van der Waals surface area contributed by atoms with Crippen molar-refractivity contribution in [2.45, 2.75) is 24.9 Å². The number of anilines is 1. The van der Waals surface area contributed by atoms with Crippen LogP contribution in [0.3, 0.4) is 0 Å². The van der Waals surface area contributed by atoms with E-state index in [9.17, 15) is 4.79 Å². The second-order valence-electron chi connectivity index (χ2n) is 4.88. The molecule has 3 N–H and O–H groups in total. The summed E-state index contributed by atoms with van der Waals surface area (Å²) in [5.41, 5.74) is 6.50. The van der Waals surface area contributed by atoms with Gasteiger partial charge in [0.15, 0.2) is 0 Å². The molecule has 0 bridgehead atoms. The molecule has 1 saturated carbocycles. The SMILES string of the molecule is COc1ccc(N)cc1C(=O)NCC1(OC)CCC1. The van der Waals surface area contributed by atoms with E-state index >= 15 is 0 Å². The molecule has 1 aliphatic rings. The molecule has 19 heavy (non-hydrogen) atoms. The number of rotatable bonds is 5. The zero-order valence-electron chi connectivity index (χ0n) is 11.4. The highest BCUT2D eigenvalue weighted by molar-refractivity contribution is 5.97. The first-order valence-corrected chi connectivity index (χ1v) is 6.37. The predicted molar refractivity (Wildman–Crippen MR) is 73.3 cm³/mol. The van der Waals surface area contributed by atoms with E-state index in [2.05, 4.69) is 5.32 Å². The number of carbonyl (C=O) groups excluding carboxylic acids is 1. The van der Waals surface area contributed by atoms with E-state index in [0.717, 1.165) is 19.3 Å². The van der Waals surface area contributed by atoms with Crippen LogP contribution in [0.5, 0.6) is 5.75 Å². The Kier molecular flexibility index (Phi) is 3.95. The number of carbonyl (C=O) groups is 1. The van der Waals surface area contributed by atoms with Crippen LogP contribution in [0, 0.1) is 0 Å². The number of methoxy groups -OCH3 is 2. The van der Waals surface area contributed by atoms with E-state index in [4.69, 9.17) is 15.2 Å². The van der Waals surface area contributed by atoms with Crippen LogP contribution in [-0.2, 0) is 4.74 Å². The van der Waals surface area contributed by atoms with Crippen molar-refractivity contribution < 1.29 is 14.3 Å². The highest BCUT2D eigenvalue weighted by atomic mass is 16.5. The minimum Gasteiger partial charge on any atom is -0.496 e. The lowest BCUT2D eigenvalue weighted by Crippen LogP contribution is -2.49. The Hall–Kier alpha value is -1.75. The molecule has 1 fully saturated rings. The average Bonchev–Trinajstić information content (AvgIpc) is 2.37. The van der Waals surface area contributed by atoms with E-state index in [1.54, 1.807) is 25.3 Å². The van der Waals surface area contributed by atoms with Gasteiger partial charge in [-0.25, -0.2) is 0 Å². The van der Waals surface area contributed by atoms with Crippen LogP contribution in [0.15, 0.2) is 18.2 Å². The average molecular weight is 264 g/mol. The molecule has 104 valence electrons. The standard InChI is InChI=1S/C14H20N2O3/c1-18-12-5-4-10(15)8-11(12)13(17)16-9-14(19-2)6-3-7-14/h4-5,8H,3,6-7,9,15H2,1-2H3,(H,16,17). The Morgan fingerprint density at radius 1 is 1.42 bits per heavy atom. The summed E-state index contributed by atoms with van der Waals surface area (Å²) in [5.74, 6) is 0.333. The van der Waals surface area contributed by atoms with E-state index < -0.39 is 0 Å². The zero-order chi connectivity index (χ0) is 13.9. The lowest BCUT2D eigenvalue weighted by atomic mass is 9.80. The predicted octanol–water partition coefficient (Wildman–Crippen LogP) is 1.58. The first-order valence-electron chi connectivity index (χ1n) is 6.37. The summed E-state index contributed by atoms with van der Waals surface area (Å²) in [7, 11) is 3.22. The summed E-state index contributed by atoms with van der Waals surface area (Å²) in [6.07, 6.45) is 3.11. The number of nitrogen functional groups attached to an aromatic ring is 1. The minimum atomic E-state index is -0.191. The highest BCUT2D eigenvalue weighted by Gasteiger charge is 2.37. The van der Waals surface area contributed by atoms with Crippen molar-refractivity contribution in [1.82, 2.24) is 5.32 Å². The molecular weight excluding hydrogens is 244 g/mol. The molecule has 1 amide bonds. The molecule has 1 aromatic carbocycles. The summed E-state index contributed by atoms with van der Waals surface area (Å²) in [5, 5.41) is 2.90. The number of hydrogen-bond acceptors (Lipinski definition) is 4. The van der Waals surface area contributed by atoms with Gasteiger partial charge in [0.25, 0.3) is 5.91 Å². The van der Waals surface area contributed by atoms with Crippen molar-refractivity contribution in [1.29, 1.82) is 0 Å². The van der Waals surface area contributed by atoms with Gasteiger partial charge in [-0.3, -0.25) is 4.79 Å². The van der Waals surface area contributed by atoms with Gasteiger partial charge in [-0.1, -0.05) is 0 Å². The molecule has 0 atom stereocenters. The molecule has 2 rings (SSSR count). The molecule has 5 heteroatoms. The maximum atomic E-state index is 12.2. The second kappa shape index (κ2) is 5.48. The number of hydrogen-bond donors (Lipinski definition) is 2. The van der Waals surface area contributed by atoms with E-state index in [-0.39, 0.29) is 11.5 Å². The molecule has 0 saturated heterocycles. The largest absolute Gasteiger partial charge is 0.496 e. The third-order valence-corrected chi connectivity index (χ3v) is 3.74. The van der Waals surface area contributed by atoms with Crippen molar-refractivity contribution in [3.05, 3.63) is 23.8 Å². The summed E-state index contributed by atoms with van der Waals surface area (Å²) in [6, 6.07) is 5.02. The maximum absolute atomic E-state index is 12.2. The van der Waals surface area contributed by atoms with Crippen molar-refractivity contribution in [2.24, 2.45) is 0 Å². The Morgan fingerprint density at radius 2 is 2.16 bits per heavy atom. The molecule has 1 aliphatic carbocycles. The van der Waals surface area contributed by atoms with Gasteiger partial charge in [-0.05, 0) is 37.5 Å². The van der Waals surface area contributed by atoms with Gasteiger partial charge in [0.05, 0.1) is 18.3 Å². The Morgan fingerprint density at radius 3 is 2.68 bits per heavy atom. The van der Waals surface area contributed by atoms with Gasteiger partial charge in [0.2, 0.25) is 0 Å². The van der Waals surface area contributed by atoms with Crippen molar-refractivity contribution in [3.63, 3.8) is 0 Å². The number of nitrogens with one attached hydrogen (secondary N) is 1. The van der Waals surface area contributed by atoms with Crippen LogP contribution in [0.4, 0.5) is 5.69 Å². The first kappa shape index (κ1) is 13.7. The first-order chi connectivity index (χ1) is 9.10. The lowest BCUT2D eigenvalue weighted by molar-refractivity contribution is -0.0679.